The van der Waals surface area contributed by atoms with Crippen molar-refractivity contribution in [1.29, 1.82) is 0 Å². The molecule has 0 fully saturated rings. The second-order valence-electron chi connectivity index (χ2n) is 5.53. The van der Waals surface area contributed by atoms with E-state index in [4.69, 9.17) is 5.84 Å². The van der Waals surface area contributed by atoms with Crippen LogP contribution >= 0.6 is 11.8 Å². The molecule has 0 saturated heterocycles. The Hall–Kier alpha value is -2.80. The van der Waals surface area contributed by atoms with Crippen LogP contribution in [0.1, 0.15) is 18.5 Å². The first kappa shape index (κ1) is 17.0. The first-order valence-electron chi connectivity index (χ1n) is 7.88. The molecule has 3 aromatic rings. The van der Waals surface area contributed by atoms with Crippen LogP contribution in [0.25, 0.3) is 11.4 Å². The molecule has 128 valence electrons. The highest BCUT2D eigenvalue weighted by molar-refractivity contribution is 7.99. The zero-order valence-corrected chi connectivity index (χ0v) is 14.6. The number of amides is 1. The minimum Gasteiger partial charge on any atom is -0.349 e. The van der Waals surface area contributed by atoms with E-state index >= 15 is 0 Å². The molecule has 2 aromatic carbocycles. The molecule has 0 radical (unpaired) electrons. The minimum absolute atomic E-state index is 0.0510. The van der Waals surface area contributed by atoms with Gasteiger partial charge in [-0.3, -0.25) is 4.79 Å². The number of aromatic nitrogens is 3. The Bertz CT molecular complexity index is 835. The van der Waals surface area contributed by atoms with Crippen LogP contribution in [0.2, 0.25) is 0 Å². The molecule has 1 atom stereocenters. The van der Waals surface area contributed by atoms with Crippen molar-refractivity contribution >= 4 is 17.7 Å². The van der Waals surface area contributed by atoms with Crippen molar-refractivity contribution < 1.29 is 4.79 Å². The summed E-state index contributed by atoms with van der Waals surface area (Å²) in [6.45, 7) is 1.96. The van der Waals surface area contributed by atoms with E-state index in [2.05, 4.69) is 15.5 Å². The van der Waals surface area contributed by atoms with Gasteiger partial charge in [-0.15, -0.1) is 10.2 Å². The summed E-state index contributed by atoms with van der Waals surface area (Å²) in [5.74, 6) is 6.77. The van der Waals surface area contributed by atoms with Crippen LogP contribution in [0.5, 0.6) is 0 Å². The number of nitrogens with two attached hydrogens (primary N) is 1. The summed E-state index contributed by atoms with van der Waals surface area (Å²) in [6.07, 6.45) is 0. The van der Waals surface area contributed by atoms with Crippen molar-refractivity contribution in [2.75, 3.05) is 11.6 Å². The van der Waals surface area contributed by atoms with Crippen molar-refractivity contribution in [2.24, 2.45) is 0 Å². The summed E-state index contributed by atoms with van der Waals surface area (Å²) < 4.78 is 1.41. The number of nitrogen functional groups attached to an aromatic ring is 1. The van der Waals surface area contributed by atoms with Gasteiger partial charge in [0.25, 0.3) is 0 Å². The van der Waals surface area contributed by atoms with Crippen molar-refractivity contribution in [2.45, 2.75) is 18.1 Å². The van der Waals surface area contributed by atoms with E-state index in [9.17, 15) is 4.79 Å². The summed E-state index contributed by atoms with van der Waals surface area (Å²) in [6, 6.07) is 19.4. The fraction of sp³-hybridized carbons (Fsp3) is 0.167. The number of carbonyl (C=O) groups is 1. The molecule has 6 nitrogen and oxygen atoms in total. The number of carbonyl (C=O) groups excluding carboxylic acids is 1. The van der Waals surface area contributed by atoms with Crippen LogP contribution in [0.4, 0.5) is 0 Å². The lowest BCUT2D eigenvalue weighted by atomic mass is 10.1. The van der Waals surface area contributed by atoms with Crippen LogP contribution in [0, 0.1) is 0 Å². The second-order valence-corrected chi connectivity index (χ2v) is 6.47. The SMILES string of the molecule is C[C@@H](NC(=O)CSc1nnc(-c2ccccc2)n1N)c1ccccc1. The Morgan fingerprint density at radius 1 is 1.12 bits per heavy atom. The summed E-state index contributed by atoms with van der Waals surface area (Å²) >= 11 is 1.26. The Labute approximate surface area is 150 Å². The molecule has 25 heavy (non-hydrogen) atoms. The first-order chi connectivity index (χ1) is 12.1. The smallest absolute Gasteiger partial charge is 0.230 e. The number of hydrogen-bond donors (Lipinski definition) is 2. The maximum Gasteiger partial charge on any atom is 0.230 e. The van der Waals surface area contributed by atoms with E-state index in [0.717, 1.165) is 11.1 Å². The number of nitrogens with one attached hydrogen (secondary N) is 1. The van der Waals surface area contributed by atoms with E-state index < -0.39 is 0 Å². The molecule has 0 aliphatic carbocycles. The lowest BCUT2D eigenvalue weighted by molar-refractivity contribution is -0.119. The zero-order valence-electron chi connectivity index (χ0n) is 13.8. The van der Waals surface area contributed by atoms with Gasteiger partial charge in [0, 0.05) is 5.56 Å². The average molecular weight is 353 g/mol. The summed E-state index contributed by atoms with van der Waals surface area (Å²) in [4.78, 5) is 12.2. The standard InChI is InChI=1S/C18H19N5OS/c1-13(14-8-4-2-5-9-14)20-16(24)12-25-18-22-21-17(23(18)19)15-10-6-3-7-11-15/h2-11,13H,12,19H2,1H3,(H,20,24)/t13-/m1/s1. The van der Waals surface area contributed by atoms with Crippen molar-refractivity contribution in [3.05, 3.63) is 66.2 Å². The monoisotopic (exact) mass is 353 g/mol. The van der Waals surface area contributed by atoms with E-state index in [0.29, 0.717) is 11.0 Å². The number of rotatable bonds is 6. The van der Waals surface area contributed by atoms with Crippen LogP contribution in [-0.2, 0) is 4.79 Å². The topological polar surface area (TPSA) is 85.8 Å². The third-order valence-corrected chi connectivity index (χ3v) is 4.65. The number of benzene rings is 2. The molecule has 1 aromatic heterocycles. The van der Waals surface area contributed by atoms with Gasteiger partial charge in [0.05, 0.1) is 11.8 Å². The zero-order chi connectivity index (χ0) is 17.6. The molecule has 0 aliphatic rings. The van der Waals surface area contributed by atoms with Crippen molar-refractivity contribution in [3.8, 4) is 11.4 Å². The maximum atomic E-state index is 12.2. The molecule has 3 rings (SSSR count). The highest BCUT2D eigenvalue weighted by Crippen LogP contribution is 2.21. The molecular formula is C18H19N5OS. The third-order valence-electron chi connectivity index (χ3n) is 3.71. The van der Waals surface area contributed by atoms with Gasteiger partial charge in [-0.1, -0.05) is 72.4 Å². The molecule has 0 bridgehead atoms. The summed E-state index contributed by atoms with van der Waals surface area (Å²) in [7, 11) is 0. The van der Waals surface area contributed by atoms with Gasteiger partial charge in [-0.05, 0) is 12.5 Å². The van der Waals surface area contributed by atoms with E-state index in [1.807, 2.05) is 67.6 Å². The molecule has 0 spiro atoms. The largest absolute Gasteiger partial charge is 0.349 e. The fourth-order valence-corrected chi connectivity index (χ4v) is 3.07. The molecule has 3 N–H and O–H groups in total. The van der Waals surface area contributed by atoms with Crippen LogP contribution in [0.15, 0.2) is 65.8 Å². The van der Waals surface area contributed by atoms with E-state index in [1.165, 1.54) is 16.4 Å². The molecule has 1 amide bonds. The molecular weight excluding hydrogens is 334 g/mol. The normalized spacial score (nSPS) is 11.9. The Morgan fingerprint density at radius 3 is 2.44 bits per heavy atom. The number of thioether (sulfide) groups is 1. The molecule has 0 saturated carbocycles. The van der Waals surface area contributed by atoms with Crippen molar-refractivity contribution in [3.63, 3.8) is 0 Å². The van der Waals surface area contributed by atoms with Gasteiger partial charge in [-0.2, -0.15) is 0 Å². The van der Waals surface area contributed by atoms with Crippen LogP contribution in [0.3, 0.4) is 0 Å². The summed E-state index contributed by atoms with van der Waals surface area (Å²) in [5.41, 5.74) is 1.95. The average Bonchev–Trinajstić information content (AvgIpc) is 3.02. The molecule has 0 aliphatic heterocycles. The second kappa shape index (κ2) is 7.85. The predicted octanol–water partition coefficient (Wildman–Crippen LogP) is 2.63. The number of hydrogen-bond acceptors (Lipinski definition) is 5. The Morgan fingerprint density at radius 2 is 1.76 bits per heavy atom. The molecule has 7 heteroatoms. The van der Waals surface area contributed by atoms with Gasteiger partial charge in [0.15, 0.2) is 5.82 Å². The molecule has 1 heterocycles. The maximum absolute atomic E-state index is 12.2. The van der Waals surface area contributed by atoms with Gasteiger partial charge < -0.3 is 11.2 Å². The first-order valence-corrected chi connectivity index (χ1v) is 8.86. The third kappa shape index (κ3) is 4.19. The van der Waals surface area contributed by atoms with E-state index in [-0.39, 0.29) is 17.7 Å². The van der Waals surface area contributed by atoms with E-state index in [1.54, 1.807) is 0 Å². The van der Waals surface area contributed by atoms with Crippen LogP contribution in [-0.4, -0.2) is 26.5 Å². The van der Waals surface area contributed by atoms with Gasteiger partial charge in [0.2, 0.25) is 11.1 Å². The fourth-order valence-electron chi connectivity index (χ4n) is 2.40. The van der Waals surface area contributed by atoms with Gasteiger partial charge in [0.1, 0.15) is 0 Å². The number of nitrogens with zero attached hydrogens (tertiary/aromatic N) is 3. The molecule has 0 unspecified atom stereocenters. The van der Waals surface area contributed by atoms with Crippen molar-refractivity contribution in [1.82, 2.24) is 20.2 Å². The summed E-state index contributed by atoms with van der Waals surface area (Å²) in [5, 5.41) is 11.6. The highest BCUT2D eigenvalue weighted by Gasteiger charge is 2.15. The Kier molecular flexibility index (Phi) is 5.35. The quantitative estimate of drug-likeness (QED) is 0.525. The minimum atomic E-state index is -0.0781. The van der Waals surface area contributed by atoms with Gasteiger partial charge in [-0.25, -0.2) is 4.68 Å². The van der Waals surface area contributed by atoms with Crippen LogP contribution < -0.4 is 11.2 Å². The lowest BCUT2D eigenvalue weighted by Crippen LogP contribution is -2.28. The Balaban J connectivity index is 1.59. The van der Waals surface area contributed by atoms with Gasteiger partial charge >= 0.3 is 0 Å². The predicted molar refractivity (Wildman–Crippen MR) is 99.3 cm³/mol. The highest BCUT2D eigenvalue weighted by atomic mass is 32.2. The lowest BCUT2D eigenvalue weighted by Gasteiger charge is -2.13.